The van der Waals surface area contributed by atoms with Gasteiger partial charge in [0, 0.05) is 6.20 Å². The van der Waals surface area contributed by atoms with Gasteiger partial charge in [-0.15, -0.1) is 0 Å². The number of nitrogens with zero attached hydrogens (tertiary/aromatic N) is 2. The molecule has 0 aliphatic rings. The van der Waals surface area contributed by atoms with Crippen LogP contribution in [0.25, 0.3) is 5.65 Å². The fourth-order valence-corrected chi connectivity index (χ4v) is 1.47. The minimum atomic E-state index is -0.983. The highest BCUT2D eigenvalue weighted by molar-refractivity contribution is 5.87. The summed E-state index contributed by atoms with van der Waals surface area (Å²) in [5, 5.41) is 8.86. The van der Waals surface area contributed by atoms with Crippen molar-refractivity contribution in [1.82, 2.24) is 9.38 Å². The van der Waals surface area contributed by atoms with Gasteiger partial charge in [0.1, 0.15) is 5.65 Å². The van der Waals surface area contributed by atoms with E-state index in [-0.39, 0.29) is 5.69 Å². The second-order valence-electron chi connectivity index (χ2n) is 3.29. The number of aryl methyl sites for hydroxylation is 2. The molecule has 2 heterocycles. The van der Waals surface area contributed by atoms with E-state index in [9.17, 15) is 4.79 Å². The predicted octanol–water partition coefficient (Wildman–Crippen LogP) is 1.65. The van der Waals surface area contributed by atoms with Crippen molar-refractivity contribution in [2.24, 2.45) is 0 Å². The van der Waals surface area contributed by atoms with Gasteiger partial charge in [-0.05, 0) is 25.5 Å². The van der Waals surface area contributed by atoms with Crippen LogP contribution in [0.5, 0.6) is 0 Å². The first-order chi connectivity index (χ1) is 6.59. The first-order valence-electron chi connectivity index (χ1n) is 4.28. The molecule has 0 aromatic carbocycles. The van der Waals surface area contributed by atoms with Crippen LogP contribution >= 0.6 is 0 Å². The molecule has 0 aliphatic carbocycles. The summed E-state index contributed by atoms with van der Waals surface area (Å²) in [6.45, 7) is 3.71. The number of imidazole rings is 1. The third-order valence-corrected chi connectivity index (χ3v) is 2.21. The van der Waals surface area contributed by atoms with E-state index in [2.05, 4.69) is 4.98 Å². The largest absolute Gasteiger partial charge is 0.476 e. The van der Waals surface area contributed by atoms with Gasteiger partial charge in [0.15, 0.2) is 5.69 Å². The molecular formula is C10H10N2O2. The number of hydrogen-bond donors (Lipinski definition) is 1. The van der Waals surface area contributed by atoms with E-state index < -0.39 is 5.97 Å². The third kappa shape index (κ3) is 1.16. The van der Waals surface area contributed by atoms with Gasteiger partial charge in [0.25, 0.3) is 0 Å². The van der Waals surface area contributed by atoms with Crippen LogP contribution in [0, 0.1) is 13.8 Å². The Bertz CT molecular complexity index is 514. The highest BCUT2D eigenvalue weighted by Crippen LogP contribution is 2.12. The molecule has 2 aromatic heterocycles. The van der Waals surface area contributed by atoms with Crippen LogP contribution in [0.3, 0.4) is 0 Å². The number of fused-ring (bicyclic) bond motifs is 1. The summed E-state index contributed by atoms with van der Waals surface area (Å²) in [6.07, 6.45) is 1.88. The number of rotatable bonds is 1. The lowest BCUT2D eigenvalue weighted by Crippen LogP contribution is -1.99. The van der Waals surface area contributed by atoms with Crippen LogP contribution < -0.4 is 0 Å². The zero-order valence-corrected chi connectivity index (χ0v) is 7.98. The predicted molar refractivity (Wildman–Crippen MR) is 51.6 cm³/mol. The Morgan fingerprint density at radius 2 is 2.14 bits per heavy atom. The smallest absolute Gasteiger partial charge is 0.356 e. The summed E-state index contributed by atoms with van der Waals surface area (Å²) in [5.74, 6) is -0.983. The van der Waals surface area contributed by atoms with Crippen molar-refractivity contribution in [3.63, 3.8) is 0 Å². The highest BCUT2D eigenvalue weighted by Gasteiger charge is 2.13. The molecule has 0 fully saturated rings. The van der Waals surface area contributed by atoms with E-state index in [4.69, 9.17) is 5.11 Å². The molecule has 4 heteroatoms. The molecule has 0 aliphatic heterocycles. The fraction of sp³-hybridized carbons (Fsp3) is 0.200. The minimum absolute atomic E-state index is 0.121. The fourth-order valence-electron chi connectivity index (χ4n) is 1.47. The van der Waals surface area contributed by atoms with Crippen molar-refractivity contribution in [3.8, 4) is 0 Å². The molecule has 0 radical (unpaired) electrons. The number of aromatic carboxylic acids is 1. The van der Waals surface area contributed by atoms with Crippen molar-refractivity contribution in [2.75, 3.05) is 0 Å². The number of carbonyl (C=O) groups is 1. The lowest BCUT2D eigenvalue weighted by Gasteiger charge is -1.97. The third-order valence-electron chi connectivity index (χ3n) is 2.21. The quantitative estimate of drug-likeness (QED) is 0.743. The summed E-state index contributed by atoms with van der Waals surface area (Å²) in [6, 6.07) is 3.72. The maximum atomic E-state index is 10.8. The van der Waals surface area contributed by atoms with Gasteiger partial charge in [-0.3, -0.25) is 0 Å². The first kappa shape index (κ1) is 8.74. The molecule has 0 spiro atoms. The summed E-state index contributed by atoms with van der Waals surface area (Å²) in [5.41, 5.74) is 2.53. The lowest BCUT2D eigenvalue weighted by molar-refractivity contribution is 0.0690. The molecule has 0 saturated heterocycles. The van der Waals surface area contributed by atoms with Crippen molar-refractivity contribution in [2.45, 2.75) is 13.8 Å². The van der Waals surface area contributed by atoms with Crippen LogP contribution in [0.2, 0.25) is 0 Å². The zero-order valence-electron chi connectivity index (χ0n) is 7.98. The number of hydrogen-bond acceptors (Lipinski definition) is 2. The normalized spacial score (nSPS) is 10.7. The van der Waals surface area contributed by atoms with Crippen molar-refractivity contribution < 1.29 is 9.90 Å². The maximum Gasteiger partial charge on any atom is 0.356 e. The Hall–Kier alpha value is -1.84. The van der Waals surface area contributed by atoms with E-state index in [1.54, 1.807) is 11.3 Å². The summed E-state index contributed by atoms with van der Waals surface area (Å²) >= 11 is 0. The number of carboxylic acids is 1. The molecule has 1 N–H and O–H groups in total. The van der Waals surface area contributed by atoms with Crippen molar-refractivity contribution in [1.29, 1.82) is 0 Å². The summed E-state index contributed by atoms with van der Waals surface area (Å²) in [7, 11) is 0. The van der Waals surface area contributed by atoms with Crippen molar-refractivity contribution >= 4 is 11.6 Å². The molecule has 0 bridgehead atoms. The second kappa shape index (κ2) is 2.83. The van der Waals surface area contributed by atoms with Crippen LogP contribution in [-0.2, 0) is 0 Å². The van der Waals surface area contributed by atoms with E-state index in [0.717, 1.165) is 5.56 Å². The zero-order chi connectivity index (χ0) is 10.3. The molecule has 4 nitrogen and oxygen atoms in total. The van der Waals surface area contributed by atoms with Crippen molar-refractivity contribution in [3.05, 3.63) is 35.3 Å². The Kier molecular flexibility index (Phi) is 1.77. The van der Waals surface area contributed by atoms with Gasteiger partial charge in [-0.25, -0.2) is 9.78 Å². The maximum absolute atomic E-state index is 10.8. The molecular weight excluding hydrogens is 180 g/mol. The van der Waals surface area contributed by atoms with Gasteiger partial charge in [-0.2, -0.15) is 0 Å². The molecule has 2 aromatic rings. The van der Waals surface area contributed by atoms with Crippen LogP contribution in [0.4, 0.5) is 0 Å². The monoisotopic (exact) mass is 190 g/mol. The molecule has 72 valence electrons. The van der Waals surface area contributed by atoms with Crippen LogP contribution in [-0.4, -0.2) is 20.5 Å². The Morgan fingerprint density at radius 1 is 1.43 bits per heavy atom. The molecule has 0 amide bonds. The van der Waals surface area contributed by atoms with Gasteiger partial charge < -0.3 is 9.51 Å². The molecule has 0 saturated carbocycles. The number of aromatic nitrogens is 2. The van der Waals surface area contributed by atoms with Crippen LogP contribution in [0.15, 0.2) is 18.3 Å². The standard InChI is InChI=1S/C10H10N2O2/c1-6-3-4-8-11-9(10(13)14)7(2)12(8)5-6/h3-5H,1-2H3,(H,13,14). The average molecular weight is 190 g/mol. The van der Waals surface area contributed by atoms with Gasteiger partial charge in [0.05, 0.1) is 5.69 Å². The number of pyridine rings is 1. The Balaban J connectivity index is 2.80. The first-order valence-corrected chi connectivity index (χ1v) is 4.28. The van der Waals surface area contributed by atoms with Gasteiger partial charge in [0.2, 0.25) is 0 Å². The van der Waals surface area contributed by atoms with Gasteiger partial charge in [-0.1, -0.05) is 6.07 Å². The average Bonchev–Trinajstić information content (AvgIpc) is 2.44. The van der Waals surface area contributed by atoms with E-state index in [0.29, 0.717) is 11.3 Å². The number of carboxylic acid groups (broad SMARTS) is 1. The Morgan fingerprint density at radius 3 is 2.79 bits per heavy atom. The SMILES string of the molecule is Cc1ccc2nc(C(=O)O)c(C)n2c1. The second-order valence-corrected chi connectivity index (χ2v) is 3.29. The highest BCUT2D eigenvalue weighted by atomic mass is 16.4. The minimum Gasteiger partial charge on any atom is -0.476 e. The topological polar surface area (TPSA) is 54.6 Å². The van der Waals surface area contributed by atoms with Gasteiger partial charge >= 0.3 is 5.97 Å². The molecule has 0 unspecified atom stereocenters. The van der Waals surface area contributed by atoms with E-state index in [1.165, 1.54) is 0 Å². The van der Waals surface area contributed by atoms with E-state index in [1.807, 2.05) is 25.3 Å². The molecule has 14 heavy (non-hydrogen) atoms. The Labute approximate surface area is 80.8 Å². The molecule has 0 atom stereocenters. The summed E-state index contributed by atoms with van der Waals surface area (Å²) < 4.78 is 1.79. The molecule has 2 rings (SSSR count). The van der Waals surface area contributed by atoms with E-state index >= 15 is 0 Å². The summed E-state index contributed by atoms with van der Waals surface area (Å²) in [4.78, 5) is 14.8. The van der Waals surface area contributed by atoms with Crippen LogP contribution in [0.1, 0.15) is 21.7 Å². The lowest BCUT2D eigenvalue weighted by atomic mass is 10.3.